The quantitative estimate of drug-likeness (QED) is 0.812. The number of hydrogen-bond donors (Lipinski definition) is 2. The topological polar surface area (TPSA) is 41.5 Å². The first kappa shape index (κ1) is 13.4. The minimum atomic E-state index is 0.192. The largest absolute Gasteiger partial charge is 0.493 e. The van der Waals surface area contributed by atoms with Gasteiger partial charge in [-0.05, 0) is 18.4 Å². The van der Waals surface area contributed by atoms with Crippen LogP contribution in [0.25, 0.3) is 0 Å². The molecule has 1 aromatic carbocycles. The molecule has 2 N–H and O–H groups in total. The number of ether oxygens (including phenoxy) is 1. The molecule has 18 heavy (non-hydrogen) atoms. The fraction of sp³-hybridized carbons (Fsp3) is 0.600. The van der Waals surface area contributed by atoms with Gasteiger partial charge in [0.1, 0.15) is 5.75 Å². The highest BCUT2D eigenvalue weighted by Gasteiger charge is 2.24. The fourth-order valence-electron chi connectivity index (χ4n) is 2.50. The SMILES string of the molecule is CC(C)CC(CO)NCC1COc2ccccc21. The Hall–Kier alpha value is -1.06. The summed E-state index contributed by atoms with van der Waals surface area (Å²) in [6.45, 7) is 6.17. The summed E-state index contributed by atoms with van der Waals surface area (Å²) in [6.07, 6.45) is 1.01. The molecule has 100 valence electrons. The molecule has 0 aromatic heterocycles. The van der Waals surface area contributed by atoms with E-state index >= 15 is 0 Å². The van der Waals surface area contributed by atoms with E-state index in [9.17, 15) is 5.11 Å². The summed E-state index contributed by atoms with van der Waals surface area (Å²) >= 11 is 0. The van der Waals surface area contributed by atoms with Crippen molar-refractivity contribution in [1.82, 2.24) is 5.32 Å². The van der Waals surface area contributed by atoms with E-state index in [0.29, 0.717) is 11.8 Å². The molecule has 0 saturated heterocycles. The lowest BCUT2D eigenvalue weighted by atomic mass is 9.99. The highest BCUT2D eigenvalue weighted by molar-refractivity contribution is 5.39. The van der Waals surface area contributed by atoms with Crippen LogP contribution in [0.15, 0.2) is 24.3 Å². The predicted molar refractivity (Wildman–Crippen MR) is 73.0 cm³/mol. The van der Waals surface area contributed by atoms with Crippen LogP contribution in [0.5, 0.6) is 5.75 Å². The molecule has 0 spiro atoms. The van der Waals surface area contributed by atoms with Crippen molar-refractivity contribution in [3.8, 4) is 5.75 Å². The molecule has 1 heterocycles. The van der Waals surface area contributed by atoms with E-state index in [4.69, 9.17) is 4.74 Å². The van der Waals surface area contributed by atoms with Crippen LogP contribution in [0.3, 0.4) is 0 Å². The Kier molecular flexibility index (Phi) is 4.61. The number of rotatable bonds is 6. The molecule has 0 saturated carbocycles. The minimum absolute atomic E-state index is 0.192. The maximum atomic E-state index is 9.35. The van der Waals surface area contributed by atoms with Gasteiger partial charge in [0, 0.05) is 24.1 Å². The number of para-hydroxylation sites is 1. The first-order valence-corrected chi connectivity index (χ1v) is 6.76. The Morgan fingerprint density at radius 1 is 1.39 bits per heavy atom. The molecular formula is C15H23NO2. The van der Waals surface area contributed by atoms with Gasteiger partial charge < -0.3 is 15.2 Å². The normalized spacial score (nSPS) is 19.7. The Labute approximate surface area is 109 Å². The molecule has 3 nitrogen and oxygen atoms in total. The lowest BCUT2D eigenvalue weighted by molar-refractivity contribution is 0.219. The van der Waals surface area contributed by atoms with E-state index in [2.05, 4.69) is 31.3 Å². The number of nitrogens with one attached hydrogen (secondary N) is 1. The summed E-state index contributed by atoms with van der Waals surface area (Å²) in [5, 5.41) is 12.8. The zero-order valence-electron chi connectivity index (χ0n) is 11.2. The van der Waals surface area contributed by atoms with Crippen molar-refractivity contribution in [2.24, 2.45) is 5.92 Å². The lowest BCUT2D eigenvalue weighted by Crippen LogP contribution is -2.36. The summed E-state index contributed by atoms with van der Waals surface area (Å²) in [7, 11) is 0. The van der Waals surface area contributed by atoms with Crippen LogP contribution in [-0.4, -0.2) is 30.9 Å². The van der Waals surface area contributed by atoms with Gasteiger partial charge in [0.2, 0.25) is 0 Å². The summed E-state index contributed by atoms with van der Waals surface area (Å²) < 4.78 is 5.66. The van der Waals surface area contributed by atoms with Crippen LogP contribution < -0.4 is 10.1 Å². The third-order valence-corrected chi connectivity index (χ3v) is 3.43. The van der Waals surface area contributed by atoms with Gasteiger partial charge in [-0.2, -0.15) is 0 Å². The number of hydrogen-bond acceptors (Lipinski definition) is 3. The number of fused-ring (bicyclic) bond motifs is 1. The Morgan fingerprint density at radius 3 is 2.89 bits per heavy atom. The smallest absolute Gasteiger partial charge is 0.122 e. The van der Waals surface area contributed by atoms with E-state index in [1.807, 2.05) is 12.1 Å². The number of aliphatic hydroxyl groups excluding tert-OH is 1. The molecule has 2 atom stereocenters. The van der Waals surface area contributed by atoms with Crippen LogP contribution in [0.1, 0.15) is 31.7 Å². The van der Waals surface area contributed by atoms with E-state index < -0.39 is 0 Å². The molecule has 2 rings (SSSR count). The molecular weight excluding hydrogens is 226 g/mol. The van der Waals surface area contributed by atoms with Gasteiger partial charge in [0.15, 0.2) is 0 Å². The molecule has 3 heteroatoms. The van der Waals surface area contributed by atoms with Crippen molar-refractivity contribution in [2.75, 3.05) is 19.8 Å². The number of aliphatic hydroxyl groups is 1. The van der Waals surface area contributed by atoms with Gasteiger partial charge in [0.05, 0.1) is 13.2 Å². The fourth-order valence-corrected chi connectivity index (χ4v) is 2.50. The third kappa shape index (κ3) is 3.24. The Bertz CT molecular complexity index is 379. The van der Waals surface area contributed by atoms with Crippen molar-refractivity contribution >= 4 is 0 Å². The summed E-state index contributed by atoms with van der Waals surface area (Å²) in [5.41, 5.74) is 1.28. The number of benzene rings is 1. The van der Waals surface area contributed by atoms with Crippen LogP contribution in [0, 0.1) is 5.92 Å². The van der Waals surface area contributed by atoms with Gasteiger partial charge in [-0.3, -0.25) is 0 Å². The maximum absolute atomic E-state index is 9.35. The molecule has 0 aliphatic carbocycles. The maximum Gasteiger partial charge on any atom is 0.122 e. The zero-order valence-corrected chi connectivity index (χ0v) is 11.2. The molecule has 1 aromatic rings. The second kappa shape index (κ2) is 6.21. The molecule has 0 amide bonds. The highest BCUT2D eigenvalue weighted by atomic mass is 16.5. The van der Waals surface area contributed by atoms with Crippen molar-refractivity contribution < 1.29 is 9.84 Å². The zero-order chi connectivity index (χ0) is 13.0. The van der Waals surface area contributed by atoms with Crippen molar-refractivity contribution in [2.45, 2.75) is 32.2 Å². The van der Waals surface area contributed by atoms with Crippen LogP contribution in [0.4, 0.5) is 0 Å². The minimum Gasteiger partial charge on any atom is -0.493 e. The first-order chi connectivity index (χ1) is 8.70. The van der Waals surface area contributed by atoms with Gasteiger partial charge >= 0.3 is 0 Å². The third-order valence-electron chi connectivity index (χ3n) is 3.43. The van der Waals surface area contributed by atoms with Gasteiger partial charge in [-0.1, -0.05) is 32.0 Å². The van der Waals surface area contributed by atoms with Crippen LogP contribution >= 0.6 is 0 Å². The second-order valence-electron chi connectivity index (χ2n) is 5.46. The summed E-state index contributed by atoms with van der Waals surface area (Å²) in [5.74, 6) is 2.01. The molecule has 2 unspecified atom stereocenters. The van der Waals surface area contributed by atoms with Gasteiger partial charge in [-0.25, -0.2) is 0 Å². The Balaban J connectivity index is 1.88. The van der Waals surface area contributed by atoms with E-state index in [0.717, 1.165) is 25.3 Å². The van der Waals surface area contributed by atoms with Crippen LogP contribution in [0.2, 0.25) is 0 Å². The Morgan fingerprint density at radius 2 is 2.17 bits per heavy atom. The van der Waals surface area contributed by atoms with Crippen molar-refractivity contribution in [3.63, 3.8) is 0 Å². The average molecular weight is 249 g/mol. The molecule has 0 fully saturated rings. The van der Waals surface area contributed by atoms with E-state index in [-0.39, 0.29) is 12.6 Å². The van der Waals surface area contributed by atoms with E-state index in [1.54, 1.807) is 0 Å². The molecule has 0 bridgehead atoms. The predicted octanol–water partition coefficient (Wildman–Crippen LogP) is 2.16. The standard InChI is InChI=1S/C15H23NO2/c1-11(2)7-13(9-17)16-8-12-10-18-15-6-4-3-5-14(12)15/h3-6,11-13,16-17H,7-10H2,1-2H3. The molecule has 1 aliphatic heterocycles. The van der Waals surface area contributed by atoms with Crippen molar-refractivity contribution in [3.05, 3.63) is 29.8 Å². The molecule has 0 radical (unpaired) electrons. The van der Waals surface area contributed by atoms with Gasteiger partial charge in [-0.15, -0.1) is 0 Å². The summed E-state index contributed by atoms with van der Waals surface area (Å²) in [6, 6.07) is 8.40. The van der Waals surface area contributed by atoms with Gasteiger partial charge in [0.25, 0.3) is 0 Å². The monoisotopic (exact) mass is 249 g/mol. The average Bonchev–Trinajstić information content (AvgIpc) is 2.77. The lowest BCUT2D eigenvalue weighted by Gasteiger charge is -2.20. The summed E-state index contributed by atoms with van der Waals surface area (Å²) in [4.78, 5) is 0. The van der Waals surface area contributed by atoms with Crippen LogP contribution in [-0.2, 0) is 0 Å². The van der Waals surface area contributed by atoms with E-state index in [1.165, 1.54) is 5.56 Å². The first-order valence-electron chi connectivity index (χ1n) is 6.76. The van der Waals surface area contributed by atoms with Crippen molar-refractivity contribution in [1.29, 1.82) is 0 Å². The highest BCUT2D eigenvalue weighted by Crippen LogP contribution is 2.32. The molecule has 1 aliphatic rings. The second-order valence-corrected chi connectivity index (χ2v) is 5.46.